The zero-order valence-corrected chi connectivity index (χ0v) is 11.2. The van der Waals surface area contributed by atoms with Crippen LogP contribution in [-0.2, 0) is 0 Å². The summed E-state index contributed by atoms with van der Waals surface area (Å²) in [6.07, 6.45) is 0. The van der Waals surface area contributed by atoms with Crippen LogP contribution in [0.1, 0.15) is 28.9 Å². The number of rotatable bonds is 4. The number of hydrogen-bond donors (Lipinski definition) is 3. The third-order valence-electron chi connectivity index (χ3n) is 3.15. The van der Waals surface area contributed by atoms with E-state index in [2.05, 4.69) is 5.32 Å². The maximum atomic E-state index is 13.4. The number of carboxylic acid groups (broad SMARTS) is 1. The lowest BCUT2D eigenvalue weighted by Gasteiger charge is -2.18. The van der Waals surface area contributed by atoms with E-state index in [0.717, 1.165) is 11.6 Å². The standard InChI is InChI=1S/C15H14F2N2O2/c1-8(9-2-4-10(16)5-3-9)19-12-7-6-11(17)14(18)13(12)15(20)21/h2-8,19H,18H2,1H3,(H,20,21). The van der Waals surface area contributed by atoms with Crippen LogP contribution in [0, 0.1) is 11.6 Å². The topological polar surface area (TPSA) is 75.3 Å². The number of nitrogen functional groups attached to an aromatic ring is 1. The Hall–Kier alpha value is -2.63. The Bertz CT molecular complexity index is 672. The first-order valence-corrected chi connectivity index (χ1v) is 6.23. The lowest BCUT2D eigenvalue weighted by Crippen LogP contribution is -2.13. The minimum absolute atomic E-state index is 0.207. The van der Waals surface area contributed by atoms with Gasteiger partial charge in [-0.2, -0.15) is 0 Å². The number of aromatic carboxylic acids is 1. The van der Waals surface area contributed by atoms with Crippen molar-refractivity contribution >= 4 is 17.3 Å². The summed E-state index contributed by atoms with van der Waals surface area (Å²) in [6.45, 7) is 1.78. The van der Waals surface area contributed by atoms with Gasteiger partial charge in [0.15, 0.2) is 0 Å². The Balaban J connectivity index is 2.33. The predicted molar refractivity (Wildman–Crippen MR) is 76.2 cm³/mol. The van der Waals surface area contributed by atoms with Crippen LogP contribution in [0.3, 0.4) is 0 Å². The van der Waals surface area contributed by atoms with Crippen molar-refractivity contribution in [3.8, 4) is 0 Å². The first-order valence-electron chi connectivity index (χ1n) is 6.23. The molecule has 6 heteroatoms. The molecule has 0 amide bonds. The van der Waals surface area contributed by atoms with Gasteiger partial charge in [-0.15, -0.1) is 0 Å². The zero-order chi connectivity index (χ0) is 15.6. The van der Waals surface area contributed by atoms with Gasteiger partial charge in [-0.1, -0.05) is 12.1 Å². The SMILES string of the molecule is CC(Nc1ccc(F)c(N)c1C(=O)O)c1ccc(F)cc1. The van der Waals surface area contributed by atoms with E-state index in [1.807, 2.05) is 0 Å². The molecule has 1 atom stereocenters. The summed E-state index contributed by atoms with van der Waals surface area (Å²) in [4.78, 5) is 11.2. The molecular weight excluding hydrogens is 278 g/mol. The molecule has 2 rings (SSSR count). The van der Waals surface area contributed by atoms with Crippen molar-refractivity contribution in [3.05, 3.63) is 59.2 Å². The fourth-order valence-corrected chi connectivity index (χ4v) is 2.01. The number of hydrogen-bond acceptors (Lipinski definition) is 3. The highest BCUT2D eigenvalue weighted by atomic mass is 19.1. The number of carbonyl (C=O) groups is 1. The summed E-state index contributed by atoms with van der Waals surface area (Å²) in [5.41, 5.74) is 5.71. The third kappa shape index (κ3) is 3.10. The summed E-state index contributed by atoms with van der Waals surface area (Å²) in [7, 11) is 0. The van der Waals surface area contributed by atoms with Gasteiger partial charge in [0.25, 0.3) is 0 Å². The number of nitrogens with two attached hydrogens (primary N) is 1. The first kappa shape index (κ1) is 14.8. The Morgan fingerprint density at radius 2 is 1.81 bits per heavy atom. The molecule has 0 radical (unpaired) electrons. The van der Waals surface area contributed by atoms with Gasteiger partial charge < -0.3 is 16.2 Å². The highest BCUT2D eigenvalue weighted by Crippen LogP contribution is 2.28. The molecule has 2 aromatic carbocycles. The van der Waals surface area contributed by atoms with E-state index in [4.69, 9.17) is 10.8 Å². The van der Waals surface area contributed by atoms with Crippen LogP contribution in [0.2, 0.25) is 0 Å². The lowest BCUT2D eigenvalue weighted by atomic mass is 10.1. The molecule has 0 bridgehead atoms. The van der Waals surface area contributed by atoms with Crippen molar-refractivity contribution in [2.75, 3.05) is 11.1 Å². The molecule has 0 aliphatic rings. The van der Waals surface area contributed by atoms with Crippen LogP contribution >= 0.6 is 0 Å². The van der Waals surface area contributed by atoms with Crippen molar-refractivity contribution in [2.24, 2.45) is 0 Å². The summed E-state index contributed by atoms with van der Waals surface area (Å²) in [6, 6.07) is 7.90. The fraction of sp³-hybridized carbons (Fsp3) is 0.133. The van der Waals surface area contributed by atoms with Crippen LogP contribution in [0.4, 0.5) is 20.2 Å². The second kappa shape index (κ2) is 5.78. The number of nitrogens with one attached hydrogen (secondary N) is 1. The van der Waals surface area contributed by atoms with Gasteiger partial charge in [-0.3, -0.25) is 0 Å². The van der Waals surface area contributed by atoms with Gasteiger partial charge in [0.2, 0.25) is 0 Å². The molecule has 21 heavy (non-hydrogen) atoms. The molecular formula is C15H14F2N2O2. The molecule has 2 aromatic rings. The normalized spacial score (nSPS) is 12.0. The molecule has 4 nitrogen and oxygen atoms in total. The van der Waals surface area contributed by atoms with Crippen molar-refractivity contribution in [1.29, 1.82) is 0 Å². The highest BCUT2D eigenvalue weighted by Gasteiger charge is 2.19. The molecule has 0 spiro atoms. The number of halogens is 2. The maximum Gasteiger partial charge on any atom is 0.340 e. The van der Waals surface area contributed by atoms with E-state index in [9.17, 15) is 13.6 Å². The average Bonchev–Trinajstić information content (AvgIpc) is 2.43. The minimum atomic E-state index is -1.32. The molecule has 0 saturated carbocycles. The average molecular weight is 292 g/mol. The van der Waals surface area contributed by atoms with Crippen LogP contribution in [0.15, 0.2) is 36.4 Å². The lowest BCUT2D eigenvalue weighted by molar-refractivity contribution is 0.0698. The first-order chi connectivity index (χ1) is 9.90. The molecule has 1 unspecified atom stereocenters. The second-order valence-electron chi connectivity index (χ2n) is 4.61. The van der Waals surface area contributed by atoms with E-state index in [1.165, 1.54) is 18.2 Å². The molecule has 0 aliphatic carbocycles. The van der Waals surface area contributed by atoms with Crippen molar-refractivity contribution in [2.45, 2.75) is 13.0 Å². The summed E-state index contributed by atoms with van der Waals surface area (Å²) < 4.78 is 26.3. The van der Waals surface area contributed by atoms with E-state index in [0.29, 0.717) is 0 Å². The smallest absolute Gasteiger partial charge is 0.340 e. The molecule has 0 saturated heterocycles. The van der Waals surface area contributed by atoms with E-state index < -0.39 is 17.5 Å². The predicted octanol–water partition coefficient (Wildman–Crippen LogP) is 3.42. The van der Waals surface area contributed by atoms with Gasteiger partial charge in [-0.25, -0.2) is 13.6 Å². The van der Waals surface area contributed by atoms with Crippen LogP contribution in [-0.4, -0.2) is 11.1 Å². The van der Waals surface area contributed by atoms with Gasteiger partial charge in [0.1, 0.15) is 17.2 Å². The molecule has 0 aliphatic heterocycles. The van der Waals surface area contributed by atoms with Gasteiger partial charge >= 0.3 is 5.97 Å². The van der Waals surface area contributed by atoms with Crippen LogP contribution < -0.4 is 11.1 Å². The van der Waals surface area contributed by atoms with Crippen molar-refractivity contribution < 1.29 is 18.7 Å². The fourth-order valence-electron chi connectivity index (χ4n) is 2.01. The summed E-state index contributed by atoms with van der Waals surface area (Å²) in [5.74, 6) is -2.46. The number of carboxylic acids is 1. The monoisotopic (exact) mass is 292 g/mol. The molecule has 0 fully saturated rings. The Labute approximate surface area is 120 Å². The Morgan fingerprint density at radius 1 is 1.19 bits per heavy atom. The molecule has 4 N–H and O–H groups in total. The zero-order valence-electron chi connectivity index (χ0n) is 11.2. The van der Waals surface area contributed by atoms with E-state index >= 15 is 0 Å². The van der Waals surface area contributed by atoms with E-state index in [-0.39, 0.29) is 23.1 Å². The van der Waals surface area contributed by atoms with Gasteiger partial charge in [-0.05, 0) is 36.8 Å². The van der Waals surface area contributed by atoms with Gasteiger partial charge in [0.05, 0.1) is 11.4 Å². The Morgan fingerprint density at radius 3 is 2.38 bits per heavy atom. The molecule has 0 heterocycles. The largest absolute Gasteiger partial charge is 0.478 e. The number of benzene rings is 2. The Kier molecular flexibility index (Phi) is 4.07. The van der Waals surface area contributed by atoms with E-state index in [1.54, 1.807) is 19.1 Å². The molecule has 0 aromatic heterocycles. The molecule has 110 valence electrons. The van der Waals surface area contributed by atoms with Crippen LogP contribution in [0.25, 0.3) is 0 Å². The summed E-state index contributed by atoms with van der Waals surface area (Å²) >= 11 is 0. The quantitative estimate of drug-likeness (QED) is 0.755. The minimum Gasteiger partial charge on any atom is -0.478 e. The van der Waals surface area contributed by atoms with Crippen molar-refractivity contribution in [3.63, 3.8) is 0 Å². The van der Waals surface area contributed by atoms with Gasteiger partial charge in [0, 0.05) is 6.04 Å². The highest BCUT2D eigenvalue weighted by molar-refractivity contribution is 6.00. The second-order valence-corrected chi connectivity index (χ2v) is 4.61. The summed E-state index contributed by atoms with van der Waals surface area (Å²) in [5, 5.41) is 12.1. The van der Waals surface area contributed by atoms with Crippen molar-refractivity contribution in [1.82, 2.24) is 0 Å². The third-order valence-corrected chi connectivity index (χ3v) is 3.15. The maximum absolute atomic E-state index is 13.4. The number of anilines is 2. The van der Waals surface area contributed by atoms with Crippen LogP contribution in [0.5, 0.6) is 0 Å².